The molecule has 1 unspecified atom stereocenters. The summed E-state index contributed by atoms with van der Waals surface area (Å²) in [6.45, 7) is 1.69. The topological polar surface area (TPSA) is 54.5 Å². The minimum Gasteiger partial charge on any atom is -0.300 e. The fraction of sp³-hybridized carbons (Fsp3) is 0.462. The number of anilines is 1. The predicted octanol–water partition coefficient (Wildman–Crippen LogP) is 2.08. The second kappa shape index (κ2) is 5.32. The van der Waals surface area contributed by atoms with Crippen LogP contribution in [0, 0.1) is 6.92 Å². The van der Waals surface area contributed by atoms with Gasteiger partial charge in [-0.15, -0.1) is 0 Å². The Morgan fingerprint density at radius 3 is 2.48 bits per heavy atom. The van der Waals surface area contributed by atoms with Crippen LogP contribution in [-0.4, -0.2) is 38.0 Å². The van der Waals surface area contributed by atoms with Gasteiger partial charge in [-0.3, -0.25) is 4.79 Å². The van der Waals surface area contributed by atoms with Crippen molar-refractivity contribution in [1.29, 1.82) is 0 Å². The monoisotopic (exact) mass is 321 g/mol. The van der Waals surface area contributed by atoms with Crippen LogP contribution < -0.4 is 4.90 Å². The molecule has 0 bridgehead atoms. The SMILES string of the molecule is Cc1cccc(N(C(=O)C(F)(F)F)C2CCS(=O)(=O)C2)c1. The maximum Gasteiger partial charge on any atom is 0.471 e. The molecule has 0 aromatic heterocycles. The third kappa shape index (κ3) is 3.55. The van der Waals surface area contributed by atoms with E-state index in [1.54, 1.807) is 13.0 Å². The summed E-state index contributed by atoms with van der Waals surface area (Å²) in [6, 6.07) is 5.05. The second-order valence-corrected chi connectivity index (χ2v) is 7.30. The van der Waals surface area contributed by atoms with Crippen molar-refractivity contribution in [2.24, 2.45) is 0 Å². The van der Waals surface area contributed by atoms with Crippen LogP contribution in [0.2, 0.25) is 0 Å². The minimum absolute atomic E-state index is 0.0120. The number of carbonyl (C=O) groups excluding carboxylic acids is 1. The first-order valence-electron chi connectivity index (χ1n) is 6.28. The molecule has 0 N–H and O–H groups in total. The zero-order chi connectivity index (χ0) is 15.8. The summed E-state index contributed by atoms with van der Waals surface area (Å²) >= 11 is 0. The zero-order valence-electron chi connectivity index (χ0n) is 11.2. The minimum atomic E-state index is -5.05. The molecule has 4 nitrogen and oxygen atoms in total. The van der Waals surface area contributed by atoms with E-state index in [2.05, 4.69) is 0 Å². The van der Waals surface area contributed by atoms with Crippen molar-refractivity contribution in [3.05, 3.63) is 29.8 Å². The third-order valence-electron chi connectivity index (χ3n) is 3.31. The number of benzene rings is 1. The van der Waals surface area contributed by atoms with E-state index in [1.807, 2.05) is 0 Å². The lowest BCUT2D eigenvalue weighted by Crippen LogP contribution is -2.48. The zero-order valence-corrected chi connectivity index (χ0v) is 12.0. The van der Waals surface area contributed by atoms with Gasteiger partial charge < -0.3 is 4.90 Å². The number of hydrogen-bond acceptors (Lipinski definition) is 3. The number of amides is 1. The molecule has 1 fully saturated rings. The van der Waals surface area contributed by atoms with Crippen molar-refractivity contribution in [2.75, 3.05) is 16.4 Å². The van der Waals surface area contributed by atoms with Gasteiger partial charge in [0.25, 0.3) is 0 Å². The summed E-state index contributed by atoms with van der Waals surface area (Å²) in [5, 5.41) is 0. The molecule has 2 rings (SSSR count). The molecule has 21 heavy (non-hydrogen) atoms. The Kier molecular flexibility index (Phi) is 4.01. The van der Waals surface area contributed by atoms with Gasteiger partial charge in [0.1, 0.15) is 0 Å². The van der Waals surface area contributed by atoms with Crippen molar-refractivity contribution in [3.8, 4) is 0 Å². The summed E-state index contributed by atoms with van der Waals surface area (Å²) in [6.07, 6.45) is -5.03. The Morgan fingerprint density at radius 2 is 2.00 bits per heavy atom. The maximum atomic E-state index is 12.8. The molecule has 1 aromatic rings. The van der Waals surface area contributed by atoms with Gasteiger partial charge in [-0.1, -0.05) is 12.1 Å². The van der Waals surface area contributed by atoms with Gasteiger partial charge in [-0.2, -0.15) is 13.2 Å². The van der Waals surface area contributed by atoms with Crippen LogP contribution in [0.5, 0.6) is 0 Å². The fourth-order valence-electron chi connectivity index (χ4n) is 2.39. The highest BCUT2D eigenvalue weighted by molar-refractivity contribution is 7.91. The van der Waals surface area contributed by atoms with E-state index in [0.717, 1.165) is 0 Å². The van der Waals surface area contributed by atoms with Gasteiger partial charge >= 0.3 is 12.1 Å². The van der Waals surface area contributed by atoms with E-state index in [0.29, 0.717) is 10.5 Å². The van der Waals surface area contributed by atoms with Gasteiger partial charge in [0.05, 0.1) is 17.5 Å². The number of hydrogen-bond donors (Lipinski definition) is 0. The van der Waals surface area contributed by atoms with Gasteiger partial charge in [0, 0.05) is 5.69 Å². The molecule has 1 amide bonds. The summed E-state index contributed by atoms with van der Waals surface area (Å²) in [5.74, 6) is -2.68. The van der Waals surface area contributed by atoms with Crippen molar-refractivity contribution in [2.45, 2.75) is 25.6 Å². The smallest absolute Gasteiger partial charge is 0.300 e. The average Bonchev–Trinajstić information content (AvgIpc) is 2.68. The van der Waals surface area contributed by atoms with E-state index in [1.165, 1.54) is 18.2 Å². The summed E-state index contributed by atoms with van der Waals surface area (Å²) in [7, 11) is -3.40. The number of sulfone groups is 1. The molecule has 1 heterocycles. The highest BCUT2D eigenvalue weighted by atomic mass is 32.2. The van der Waals surface area contributed by atoms with Crippen LogP contribution in [0.4, 0.5) is 18.9 Å². The summed E-state index contributed by atoms with van der Waals surface area (Å²) < 4.78 is 61.4. The largest absolute Gasteiger partial charge is 0.471 e. The van der Waals surface area contributed by atoms with Crippen LogP contribution in [0.3, 0.4) is 0 Å². The Morgan fingerprint density at radius 1 is 1.33 bits per heavy atom. The molecule has 0 saturated carbocycles. The molecule has 0 radical (unpaired) electrons. The first kappa shape index (κ1) is 15.8. The van der Waals surface area contributed by atoms with E-state index in [-0.39, 0.29) is 17.9 Å². The van der Waals surface area contributed by atoms with Crippen molar-refractivity contribution in [3.63, 3.8) is 0 Å². The first-order valence-corrected chi connectivity index (χ1v) is 8.10. The Balaban J connectivity index is 2.43. The molecule has 1 aliphatic rings. The number of nitrogens with zero attached hydrogens (tertiary/aromatic N) is 1. The molecular formula is C13H14F3NO3S. The quantitative estimate of drug-likeness (QED) is 0.838. The molecular weight excluding hydrogens is 307 g/mol. The van der Waals surface area contributed by atoms with Crippen molar-refractivity contribution < 1.29 is 26.4 Å². The van der Waals surface area contributed by atoms with Crippen LogP contribution in [0.1, 0.15) is 12.0 Å². The third-order valence-corrected chi connectivity index (χ3v) is 5.07. The molecule has 1 aliphatic heterocycles. The summed E-state index contributed by atoms with van der Waals surface area (Å²) in [4.78, 5) is 12.2. The molecule has 116 valence electrons. The normalized spacial score (nSPS) is 21.2. The first-order chi connectivity index (χ1) is 9.60. The predicted molar refractivity (Wildman–Crippen MR) is 71.8 cm³/mol. The van der Waals surface area contributed by atoms with Crippen LogP contribution in [0.25, 0.3) is 0 Å². The number of rotatable bonds is 2. The van der Waals surface area contributed by atoms with Crippen LogP contribution in [-0.2, 0) is 14.6 Å². The molecule has 1 atom stereocenters. The maximum absolute atomic E-state index is 12.8. The Hall–Kier alpha value is -1.57. The number of aryl methyl sites for hydroxylation is 1. The van der Waals surface area contributed by atoms with E-state index >= 15 is 0 Å². The molecule has 1 aromatic carbocycles. The van der Waals surface area contributed by atoms with Gasteiger partial charge in [0.2, 0.25) is 0 Å². The number of alkyl halides is 3. The molecule has 1 saturated heterocycles. The van der Waals surface area contributed by atoms with E-state index < -0.39 is 33.7 Å². The second-order valence-electron chi connectivity index (χ2n) is 5.07. The van der Waals surface area contributed by atoms with E-state index in [4.69, 9.17) is 0 Å². The molecule has 0 spiro atoms. The van der Waals surface area contributed by atoms with E-state index in [9.17, 15) is 26.4 Å². The fourth-order valence-corrected chi connectivity index (χ4v) is 4.09. The number of carbonyl (C=O) groups is 1. The highest BCUT2D eigenvalue weighted by Gasteiger charge is 2.47. The van der Waals surface area contributed by atoms with Gasteiger partial charge in [-0.05, 0) is 31.0 Å². The lowest BCUT2D eigenvalue weighted by Gasteiger charge is -2.29. The average molecular weight is 321 g/mol. The molecule has 8 heteroatoms. The Labute approximate surface area is 120 Å². The lowest BCUT2D eigenvalue weighted by atomic mass is 10.1. The summed E-state index contributed by atoms with van der Waals surface area (Å²) in [5.41, 5.74) is 0.757. The molecule has 0 aliphatic carbocycles. The van der Waals surface area contributed by atoms with Crippen LogP contribution >= 0.6 is 0 Å². The van der Waals surface area contributed by atoms with Gasteiger partial charge in [0.15, 0.2) is 9.84 Å². The highest BCUT2D eigenvalue weighted by Crippen LogP contribution is 2.30. The standard InChI is InChI=1S/C13H14F3NO3S/c1-9-3-2-4-10(7-9)17(12(18)13(14,15)16)11-5-6-21(19,20)8-11/h2-4,7,11H,5-6,8H2,1H3. The lowest BCUT2D eigenvalue weighted by molar-refractivity contribution is -0.170. The van der Waals surface area contributed by atoms with Gasteiger partial charge in [-0.25, -0.2) is 8.42 Å². The van der Waals surface area contributed by atoms with Crippen molar-refractivity contribution in [1.82, 2.24) is 0 Å². The Bertz CT molecular complexity index is 655. The number of halogens is 3. The van der Waals surface area contributed by atoms with Crippen LogP contribution in [0.15, 0.2) is 24.3 Å². The van der Waals surface area contributed by atoms with Crippen molar-refractivity contribution >= 4 is 21.4 Å².